The van der Waals surface area contributed by atoms with E-state index in [1.54, 1.807) is 17.9 Å². The number of carboxylic acid groups (broad SMARTS) is 1. The zero-order valence-electron chi connectivity index (χ0n) is 12.2. The highest BCUT2D eigenvalue weighted by atomic mass is 16.6. The molecule has 0 unspecified atom stereocenters. The Morgan fingerprint density at radius 1 is 1.57 bits per heavy atom. The molecule has 1 N–H and O–H groups in total. The first-order chi connectivity index (χ1) is 9.95. The molecular weight excluding hydrogens is 274 g/mol. The van der Waals surface area contributed by atoms with Crippen LogP contribution in [0.3, 0.4) is 0 Å². The topological polar surface area (TPSA) is 84.7 Å². The maximum Gasteiger partial charge on any atom is 0.410 e. The average Bonchev–Trinajstić information content (AvgIpc) is 3.01. The number of aromatic nitrogens is 2. The molecule has 1 amide bonds. The fourth-order valence-electron chi connectivity index (χ4n) is 2.62. The van der Waals surface area contributed by atoms with Crippen molar-refractivity contribution in [1.29, 1.82) is 0 Å². The van der Waals surface area contributed by atoms with E-state index in [1.165, 1.54) is 11.0 Å². The Hall–Kier alpha value is -2.31. The van der Waals surface area contributed by atoms with Gasteiger partial charge >= 0.3 is 12.1 Å². The van der Waals surface area contributed by atoms with Gasteiger partial charge in [0.2, 0.25) is 0 Å². The van der Waals surface area contributed by atoms with Gasteiger partial charge in [-0.1, -0.05) is 12.7 Å². The Morgan fingerprint density at radius 3 is 2.81 bits per heavy atom. The number of amides is 1. The fraction of sp³-hybridized carbons (Fsp3) is 0.500. The lowest BCUT2D eigenvalue weighted by molar-refractivity contribution is -0.141. The quantitative estimate of drug-likeness (QED) is 0.842. The second kappa shape index (κ2) is 5.99. The molecule has 1 aromatic rings. The smallest absolute Gasteiger partial charge is 0.410 e. The molecule has 1 saturated heterocycles. The minimum absolute atomic E-state index is 0.115. The van der Waals surface area contributed by atoms with Crippen molar-refractivity contribution in [2.24, 2.45) is 13.0 Å². The Kier molecular flexibility index (Phi) is 4.30. The van der Waals surface area contributed by atoms with Gasteiger partial charge in [-0.3, -0.25) is 9.48 Å². The largest absolute Gasteiger partial charge is 0.481 e. The van der Waals surface area contributed by atoms with Crippen LogP contribution in [0, 0.1) is 12.8 Å². The van der Waals surface area contributed by atoms with Crippen molar-refractivity contribution in [2.75, 3.05) is 19.7 Å². The summed E-state index contributed by atoms with van der Waals surface area (Å²) >= 11 is 0. The lowest BCUT2D eigenvalue weighted by Crippen LogP contribution is -2.30. The van der Waals surface area contributed by atoms with E-state index in [0.29, 0.717) is 6.54 Å². The number of aryl methyl sites for hydroxylation is 1. The first-order valence-electron chi connectivity index (χ1n) is 6.69. The molecule has 21 heavy (non-hydrogen) atoms. The van der Waals surface area contributed by atoms with Gasteiger partial charge in [-0.05, 0) is 12.5 Å². The molecule has 7 heteroatoms. The molecule has 0 aromatic carbocycles. The van der Waals surface area contributed by atoms with Crippen molar-refractivity contribution >= 4 is 12.1 Å². The molecule has 0 radical (unpaired) electrons. The number of hydrogen-bond donors (Lipinski definition) is 1. The van der Waals surface area contributed by atoms with E-state index < -0.39 is 18.0 Å². The molecule has 1 aromatic heterocycles. The van der Waals surface area contributed by atoms with E-state index in [1.807, 2.05) is 6.92 Å². The van der Waals surface area contributed by atoms with Crippen LogP contribution in [-0.4, -0.2) is 51.5 Å². The summed E-state index contributed by atoms with van der Waals surface area (Å²) in [6.07, 6.45) is 2.64. The monoisotopic (exact) mass is 293 g/mol. The second-order valence-corrected chi connectivity index (χ2v) is 5.13. The predicted molar refractivity (Wildman–Crippen MR) is 74.9 cm³/mol. The standard InChI is InChI=1S/C14H19N3O4/c1-4-5-21-14(20)17-7-11(12(8-17)13(18)19)10-6-15-16(3)9(10)2/h4,6,11-12H,1,5,7-8H2,2-3H3,(H,18,19)/t11-,12+/m1/s1. The molecule has 2 heterocycles. The summed E-state index contributed by atoms with van der Waals surface area (Å²) in [5.41, 5.74) is 1.77. The van der Waals surface area contributed by atoms with Crippen LogP contribution in [0.5, 0.6) is 0 Å². The number of rotatable bonds is 4. The van der Waals surface area contributed by atoms with Crippen molar-refractivity contribution in [3.8, 4) is 0 Å². The molecule has 1 fully saturated rings. The van der Waals surface area contributed by atoms with Crippen LogP contribution in [0.1, 0.15) is 17.2 Å². The lowest BCUT2D eigenvalue weighted by atomic mass is 9.89. The van der Waals surface area contributed by atoms with E-state index in [9.17, 15) is 14.7 Å². The molecule has 0 saturated carbocycles. The summed E-state index contributed by atoms with van der Waals surface area (Å²) < 4.78 is 6.68. The van der Waals surface area contributed by atoms with Crippen LogP contribution >= 0.6 is 0 Å². The van der Waals surface area contributed by atoms with Gasteiger partial charge in [0.25, 0.3) is 0 Å². The number of carbonyl (C=O) groups is 2. The summed E-state index contributed by atoms with van der Waals surface area (Å²) in [6.45, 7) is 5.94. The Bertz CT molecular complexity index is 567. The number of aliphatic carboxylic acids is 1. The normalized spacial score (nSPS) is 21.3. The third-order valence-corrected chi connectivity index (χ3v) is 3.89. The van der Waals surface area contributed by atoms with Gasteiger partial charge in [0, 0.05) is 31.7 Å². The van der Waals surface area contributed by atoms with Crippen LogP contribution in [0.2, 0.25) is 0 Å². The van der Waals surface area contributed by atoms with Crippen LogP contribution in [0.25, 0.3) is 0 Å². The molecule has 1 aliphatic heterocycles. The van der Waals surface area contributed by atoms with Gasteiger partial charge < -0.3 is 14.7 Å². The van der Waals surface area contributed by atoms with Crippen LogP contribution in [0.15, 0.2) is 18.9 Å². The molecule has 114 valence electrons. The summed E-state index contributed by atoms with van der Waals surface area (Å²) in [7, 11) is 1.81. The molecular formula is C14H19N3O4. The van der Waals surface area contributed by atoms with Gasteiger partial charge in [-0.25, -0.2) is 4.79 Å². The number of carboxylic acids is 1. The molecule has 0 aliphatic carbocycles. The van der Waals surface area contributed by atoms with Gasteiger partial charge in [-0.15, -0.1) is 0 Å². The minimum Gasteiger partial charge on any atom is -0.481 e. The van der Waals surface area contributed by atoms with Crippen LogP contribution in [-0.2, 0) is 16.6 Å². The fourth-order valence-corrected chi connectivity index (χ4v) is 2.62. The number of likely N-dealkylation sites (tertiary alicyclic amines) is 1. The first-order valence-corrected chi connectivity index (χ1v) is 6.69. The molecule has 2 atom stereocenters. The number of hydrogen-bond acceptors (Lipinski definition) is 4. The molecule has 1 aliphatic rings. The average molecular weight is 293 g/mol. The highest BCUT2D eigenvalue weighted by Gasteiger charge is 2.42. The van der Waals surface area contributed by atoms with Gasteiger partial charge in [0.1, 0.15) is 6.61 Å². The van der Waals surface area contributed by atoms with E-state index in [4.69, 9.17) is 4.74 Å². The highest BCUT2D eigenvalue weighted by molar-refractivity contribution is 5.75. The molecule has 2 rings (SSSR count). The van der Waals surface area contributed by atoms with E-state index in [-0.39, 0.29) is 19.1 Å². The van der Waals surface area contributed by atoms with Crippen molar-refractivity contribution in [1.82, 2.24) is 14.7 Å². The Labute approximate surface area is 122 Å². The number of carbonyl (C=O) groups excluding carboxylic acids is 1. The third-order valence-electron chi connectivity index (χ3n) is 3.89. The summed E-state index contributed by atoms with van der Waals surface area (Å²) in [4.78, 5) is 24.8. The van der Waals surface area contributed by atoms with Crippen molar-refractivity contribution in [3.63, 3.8) is 0 Å². The van der Waals surface area contributed by atoms with E-state index >= 15 is 0 Å². The Morgan fingerprint density at radius 2 is 2.29 bits per heavy atom. The summed E-state index contributed by atoms with van der Waals surface area (Å²) in [5.74, 6) is -1.83. The first kappa shape index (κ1) is 15.1. The maximum atomic E-state index is 11.9. The van der Waals surface area contributed by atoms with Gasteiger partial charge in [-0.2, -0.15) is 5.10 Å². The molecule has 0 spiro atoms. The van der Waals surface area contributed by atoms with E-state index in [0.717, 1.165) is 11.3 Å². The Balaban J connectivity index is 2.20. The third kappa shape index (κ3) is 2.91. The zero-order valence-corrected chi connectivity index (χ0v) is 12.2. The zero-order chi connectivity index (χ0) is 15.6. The lowest BCUT2D eigenvalue weighted by Gasteiger charge is -2.15. The van der Waals surface area contributed by atoms with Crippen LogP contribution in [0.4, 0.5) is 4.79 Å². The SMILES string of the molecule is C=CCOC(=O)N1C[C@H](C(=O)O)[C@@H](c2cnn(C)c2C)C1. The van der Waals surface area contributed by atoms with Crippen molar-refractivity contribution < 1.29 is 19.4 Å². The molecule has 7 nitrogen and oxygen atoms in total. The van der Waals surface area contributed by atoms with Crippen molar-refractivity contribution in [2.45, 2.75) is 12.8 Å². The second-order valence-electron chi connectivity index (χ2n) is 5.13. The predicted octanol–water partition coefficient (Wildman–Crippen LogP) is 1.15. The highest BCUT2D eigenvalue weighted by Crippen LogP contribution is 2.34. The maximum absolute atomic E-state index is 11.9. The summed E-state index contributed by atoms with van der Waals surface area (Å²) in [6, 6.07) is 0. The molecule has 0 bridgehead atoms. The van der Waals surface area contributed by atoms with Gasteiger partial charge in [0.05, 0.1) is 12.1 Å². The van der Waals surface area contributed by atoms with Crippen LogP contribution < -0.4 is 0 Å². The minimum atomic E-state index is -0.915. The number of nitrogens with zero attached hydrogens (tertiary/aromatic N) is 3. The number of ether oxygens (including phenoxy) is 1. The van der Waals surface area contributed by atoms with Gasteiger partial charge in [0.15, 0.2) is 0 Å². The van der Waals surface area contributed by atoms with E-state index in [2.05, 4.69) is 11.7 Å². The van der Waals surface area contributed by atoms with Crippen molar-refractivity contribution in [3.05, 3.63) is 30.1 Å². The summed E-state index contributed by atoms with van der Waals surface area (Å²) in [5, 5.41) is 13.5.